The van der Waals surface area contributed by atoms with Crippen LogP contribution in [-0.4, -0.2) is 26.4 Å². The van der Waals surface area contributed by atoms with Gasteiger partial charge >= 0.3 is 6.18 Å². The zero-order valence-electron chi connectivity index (χ0n) is 13.5. The second kappa shape index (κ2) is 7.30. The smallest absolute Gasteiger partial charge is 0.416 e. The fourth-order valence-electron chi connectivity index (χ4n) is 2.43. The Balaban J connectivity index is 1.77. The summed E-state index contributed by atoms with van der Waals surface area (Å²) in [5.74, 6) is 0.262. The van der Waals surface area contributed by atoms with Crippen LogP contribution in [0.5, 0.6) is 5.75 Å². The summed E-state index contributed by atoms with van der Waals surface area (Å²) in [6, 6.07) is 6.97. The van der Waals surface area contributed by atoms with E-state index < -0.39 is 28.0 Å². The fourth-order valence-corrected chi connectivity index (χ4v) is 4.50. The number of anilines is 1. The van der Waals surface area contributed by atoms with Crippen LogP contribution in [0.3, 0.4) is 0 Å². The number of hydrogen-bond donors (Lipinski definition) is 3. The Kier molecular flexibility index (Phi) is 5.39. The van der Waals surface area contributed by atoms with E-state index in [1.807, 2.05) is 0 Å². The molecule has 0 aromatic heterocycles. The average molecular weight is 467 g/mol. The van der Waals surface area contributed by atoms with Gasteiger partial charge in [0, 0.05) is 17.1 Å². The first-order valence-corrected chi connectivity index (χ1v) is 9.90. The first-order valence-electron chi connectivity index (χ1n) is 7.63. The number of ether oxygens (including phenoxy) is 1. The summed E-state index contributed by atoms with van der Waals surface area (Å²) in [6.45, 7) is -0.213. The topological polar surface area (TPSA) is 87.7 Å². The van der Waals surface area contributed by atoms with Crippen molar-refractivity contribution in [2.75, 3.05) is 11.9 Å². The van der Waals surface area contributed by atoms with Crippen molar-refractivity contribution in [3.05, 3.63) is 52.0 Å². The van der Waals surface area contributed by atoms with Gasteiger partial charge in [0.05, 0.1) is 11.3 Å². The first-order chi connectivity index (χ1) is 12.6. The molecule has 1 aliphatic rings. The monoisotopic (exact) mass is 466 g/mol. The molecule has 0 fully saturated rings. The Morgan fingerprint density at radius 1 is 1.26 bits per heavy atom. The lowest BCUT2D eigenvalue weighted by atomic mass is 10.1. The van der Waals surface area contributed by atoms with Gasteiger partial charge in [-0.2, -0.15) is 13.2 Å². The van der Waals surface area contributed by atoms with Gasteiger partial charge in [-0.1, -0.05) is 12.1 Å². The van der Waals surface area contributed by atoms with Crippen molar-refractivity contribution in [1.29, 1.82) is 0 Å². The van der Waals surface area contributed by atoms with Crippen LogP contribution in [0.15, 0.2) is 45.8 Å². The van der Waals surface area contributed by atoms with E-state index in [0.717, 1.165) is 12.1 Å². The highest BCUT2D eigenvalue weighted by molar-refractivity contribution is 9.10. The number of aliphatic hydroxyl groups is 1. The predicted octanol–water partition coefficient (Wildman–Crippen LogP) is 3.07. The molecule has 0 saturated heterocycles. The molecule has 2 aromatic rings. The molecule has 1 atom stereocenters. The molecule has 11 heteroatoms. The summed E-state index contributed by atoms with van der Waals surface area (Å²) >= 11 is 3.17. The van der Waals surface area contributed by atoms with Gasteiger partial charge in [0.25, 0.3) is 0 Å². The van der Waals surface area contributed by atoms with E-state index in [9.17, 15) is 26.7 Å². The molecular formula is C16H14BrF3N2O4S. The summed E-state index contributed by atoms with van der Waals surface area (Å²) < 4.78 is 70.7. The molecule has 3 rings (SSSR count). The lowest BCUT2D eigenvalue weighted by Crippen LogP contribution is -2.31. The molecule has 0 spiro atoms. The van der Waals surface area contributed by atoms with Crippen molar-refractivity contribution in [1.82, 2.24) is 4.72 Å². The summed E-state index contributed by atoms with van der Waals surface area (Å²) in [4.78, 5) is -0.0913. The van der Waals surface area contributed by atoms with Crippen molar-refractivity contribution < 1.29 is 31.4 Å². The van der Waals surface area contributed by atoms with Crippen LogP contribution >= 0.6 is 15.9 Å². The van der Waals surface area contributed by atoms with Crippen LogP contribution in [0.2, 0.25) is 0 Å². The quantitative estimate of drug-likeness (QED) is 0.644. The molecule has 6 nitrogen and oxygen atoms in total. The highest BCUT2D eigenvalue weighted by Crippen LogP contribution is 2.36. The minimum Gasteiger partial charge on any atom is -0.487 e. The van der Waals surface area contributed by atoms with E-state index in [1.165, 1.54) is 24.3 Å². The summed E-state index contributed by atoms with van der Waals surface area (Å²) in [5.41, 5.74) is 0.00221. The van der Waals surface area contributed by atoms with Crippen LogP contribution in [0, 0.1) is 0 Å². The largest absolute Gasteiger partial charge is 0.487 e. The molecule has 0 aliphatic carbocycles. The fraction of sp³-hybridized carbons (Fsp3) is 0.250. The van der Waals surface area contributed by atoms with Gasteiger partial charge in [0.2, 0.25) is 10.0 Å². The van der Waals surface area contributed by atoms with Crippen LogP contribution in [0.25, 0.3) is 0 Å². The third kappa shape index (κ3) is 4.54. The first kappa shape index (κ1) is 19.9. The van der Waals surface area contributed by atoms with Crippen molar-refractivity contribution in [2.45, 2.75) is 23.8 Å². The lowest BCUT2D eigenvalue weighted by Gasteiger charge is -2.24. The van der Waals surface area contributed by atoms with Crippen molar-refractivity contribution in [3.63, 3.8) is 0 Å². The van der Waals surface area contributed by atoms with Gasteiger partial charge in [-0.15, -0.1) is 0 Å². The average Bonchev–Trinajstić information content (AvgIpc) is 2.59. The maximum Gasteiger partial charge on any atom is 0.416 e. The Hall–Kier alpha value is -1.82. The second-order valence-electron chi connectivity index (χ2n) is 5.77. The minimum absolute atomic E-state index is 0.0346. The maximum absolute atomic E-state index is 12.6. The Bertz CT molecular complexity index is 949. The predicted molar refractivity (Wildman–Crippen MR) is 94.7 cm³/mol. The molecule has 0 radical (unpaired) electrons. The van der Waals surface area contributed by atoms with Crippen molar-refractivity contribution >= 4 is 31.6 Å². The van der Waals surface area contributed by atoms with E-state index in [2.05, 4.69) is 26.0 Å². The van der Waals surface area contributed by atoms with E-state index in [0.29, 0.717) is 11.3 Å². The number of halogens is 4. The molecule has 2 aromatic carbocycles. The number of hydrogen-bond acceptors (Lipinski definition) is 5. The molecule has 1 aliphatic heterocycles. The van der Waals surface area contributed by atoms with Crippen LogP contribution in [0.1, 0.15) is 11.1 Å². The number of rotatable bonds is 4. The Labute approximate surface area is 161 Å². The highest BCUT2D eigenvalue weighted by atomic mass is 79.9. The van der Waals surface area contributed by atoms with Crippen LogP contribution < -0.4 is 14.8 Å². The Morgan fingerprint density at radius 3 is 2.56 bits per heavy atom. The van der Waals surface area contributed by atoms with Gasteiger partial charge in [0.1, 0.15) is 17.3 Å². The van der Waals surface area contributed by atoms with Crippen molar-refractivity contribution in [3.8, 4) is 5.75 Å². The molecule has 1 heterocycles. The number of benzene rings is 2. The zero-order chi connectivity index (χ0) is 19.8. The van der Waals surface area contributed by atoms with E-state index in [4.69, 9.17) is 4.74 Å². The van der Waals surface area contributed by atoms with Crippen molar-refractivity contribution in [2.24, 2.45) is 0 Å². The molecular weight excluding hydrogens is 453 g/mol. The number of sulfonamides is 1. The van der Waals surface area contributed by atoms with Gasteiger partial charge < -0.3 is 15.2 Å². The number of fused-ring (bicyclic) bond motifs is 1. The maximum atomic E-state index is 12.6. The zero-order valence-corrected chi connectivity index (χ0v) is 16.0. The minimum atomic E-state index is -4.45. The molecule has 0 saturated carbocycles. The number of nitrogens with one attached hydrogen (secondary N) is 2. The summed E-state index contributed by atoms with van der Waals surface area (Å²) in [6.07, 6.45) is -5.35. The van der Waals surface area contributed by atoms with Crippen LogP contribution in [-0.2, 0) is 22.7 Å². The van der Waals surface area contributed by atoms with Gasteiger partial charge in [-0.25, -0.2) is 13.1 Å². The standard InChI is InChI=1S/C16H14BrF3N2O4S/c17-11-5-12-13(26-8-15(23)22-12)6-14(11)27(24,25)21-7-9-1-3-10(4-2-9)16(18,19)20/h1-6,15,21-23H,7-8H2. The molecule has 0 bridgehead atoms. The SMILES string of the molecule is O=S(=O)(NCc1ccc(C(F)(F)F)cc1)c1cc2c(cc1Br)NC(O)CO2. The molecule has 0 amide bonds. The normalized spacial score (nSPS) is 17.0. The second-order valence-corrected chi connectivity index (χ2v) is 8.36. The molecule has 146 valence electrons. The summed E-state index contributed by atoms with van der Waals surface area (Å²) in [7, 11) is -3.96. The number of aliphatic hydroxyl groups excluding tert-OH is 1. The molecule has 1 unspecified atom stereocenters. The third-order valence-electron chi connectivity index (χ3n) is 3.79. The van der Waals surface area contributed by atoms with E-state index >= 15 is 0 Å². The lowest BCUT2D eigenvalue weighted by molar-refractivity contribution is -0.137. The highest BCUT2D eigenvalue weighted by Gasteiger charge is 2.30. The van der Waals surface area contributed by atoms with Gasteiger partial charge in [0.15, 0.2) is 6.23 Å². The molecule has 3 N–H and O–H groups in total. The van der Waals surface area contributed by atoms with Gasteiger partial charge in [-0.3, -0.25) is 0 Å². The Morgan fingerprint density at radius 2 is 1.93 bits per heavy atom. The van der Waals surface area contributed by atoms with E-state index in [-0.39, 0.29) is 28.3 Å². The summed E-state index contributed by atoms with van der Waals surface area (Å²) in [5, 5.41) is 12.3. The number of alkyl halides is 3. The third-order valence-corrected chi connectivity index (χ3v) is 6.15. The molecule has 27 heavy (non-hydrogen) atoms. The van der Waals surface area contributed by atoms with Crippen LogP contribution in [0.4, 0.5) is 18.9 Å². The van der Waals surface area contributed by atoms with Gasteiger partial charge in [-0.05, 0) is 39.7 Å². The van der Waals surface area contributed by atoms with E-state index in [1.54, 1.807) is 0 Å².